The fourth-order valence-electron chi connectivity index (χ4n) is 4.57. The van der Waals surface area contributed by atoms with Crippen molar-refractivity contribution in [2.75, 3.05) is 43.4 Å². The number of rotatable bonds is 9. The van der Waals surface area contributed by atoms with Gasteiger partial charge in [-0.1, -0.05) is 6.07 Å². The summed E-state index contributed by atoms with van der Waals surface area (Å²) < 4.78 is 10.5. The molecule has 1 N–H and O–H groups in total. The molecule has 9 nitrogen and oxygen atoms in total. The van der Waals surface area contributed by atoms with Crippen LogP contribution in [0.25, 0.3) is 10.9 Å². The molecular weight excluding hydrogens is 562 g/mol. The van der Waals surface area contributed by atoms with Gasteiger partial charge in [-0.15, -0.1) is 11.3 Å². The number of aromatic nitrogens is 1. The van der Waals surface area contributed by atoms with Crippen LogP contribution in [0.1, 0.15) is 31.2 Å². The average Bonchev–Trinajstić information content (AvgIpc) is 3.57. The Balaban J connectivity index is 1.73. The minimum atomic E-state index is -0.638. The van der Waals surface area contributed by atoms with Gasteiger partial charge in [0.15, 0.2) is 5.82 Å². The Morgan fingerprint density at radius 2 is 1.51 bits per heavy atom. The number of methoxy groups -OCH3 is 2. The number of hydrogen-bond acceptors (Lipinski definition) is 9. The summed E-state index contributed by atoms with van der Waals surface area (Å²) in [5, 5.41) is 16.6. The number of benzene rings is 3. The number of carbonyl (C=O) groups excluding carboxylic acids is 2. The zero-order valence-electron chi connectivity index (χ0n) is 24.1. The molecule has 216 valence electrons. The normalized spacial score (nSPS) is 10.6. The third kappa shape index (κ3) is 5.98. The molecule has 0 unspecified atom stereocenters. The number of anilines is 3. The first-order valence-electron chi connectivity index (χ1n) is 13.3. The van der Waals surface area contributed by atoms with Gasteiger partial charge < -0.3 is 19.7 Å². The lowest BCUT2D eigenvalue weighted by Gasteiger charge is -2.24. The summed E-state index contributed by atoms with van der Waals surface area (Å²) in [5.41, 5.74) is 2.43. The minimum Gasteiger partial charge on any atom is -0.497 e. The number of amides is 2. The van der Waals surface area contributed by atoms with Crippen LogP contribution in [-0.2, 0) is 6.54 Å². The van der Waals surface area contributed by atoms with E-state index in [1.165, 1.54) is 14.2 Å². The molecule has 0 aliphatic heterocycles. The number of nitrogens with zero attached hydrogens (tertiary/aromatic N) is 4. The second-order valence-electron chi connectivity index (χ2n) is 9.73. The molecule has 0 aliphatic rings. The zero-order chi connectivity index (χ0) is 30.5. The maximum atomic E-state index is 14.2. The number of hydrogen-bond donors (Lipinski definition) is 1. The first-order chi connectivity index (χ1) is 20.8. The molecule has 5 rings (SSSR count). The highest BCUT2D eigenvalue weighted by Gasteiger charge is 2.32. The van der Waals surface area contributed by atoms with E-state index in [2.05, 4.69) is 11.4 Å². The quantitative estimate of drug-likeness (QED) is 0.198. The molecule has 0 fully saturated rings. The molecule has 0 saturated carbocycles. The molecule has 10 heteroatoms. The Bertz CT molecular complexity index is 1750. The molecule has 0 aliphatic carbocycles. The van der Waals surface area contributed by atoms with Crippen molar-refractivity contribution in [1.29, 1.82) is 5.26 Å². The van der Waals surface area contributed by atoms with Crippen molar-refractivity contribution in [3.8, 4) is 17.6 Å². The zero-order valence-corrected chi connectivity index (χ0v) is 24.9. The summed E-state index contributed by atoms with van der Waals surface area (Å²) in [7, 11) is 6.91. The lowest BCUT2D eigenvalue weighted by Crippen LogP contribution is -2.38. The molecule has 2 amide bonds. The minimum absolute atomic E-state index is 0.0667. The molecule has 2 aromatic heterocycles. The molecule has 0 atom stereocenters. The van der Waals surface area contributed by atoms with E-state index < -0.39 is 11.8 Å². The fourth-order valence-corrected chi connectivity index (χ4v) is 5.21. The smallest absolute Gasteiger partial charge is 0.266 e. The van der Waals surface area contributed by atoms with Crippen molar-refractivity contribution in [3.63, 3.8) is 0 Å². The lowest BCUT2D eigenvalue weighted by molar-refractivity contribution is 0.0896. The average molecular weight is 592 g/mol. The van der Waals surface area contributed by atoms with E-state index >= 15 is 0 Å². The first kappa shape index (κ1) is 29.1. The van der Waals surface area contributed by atoms with E-state index in [4.69, 9.17) is 14.5 Å². The highest BCUT2D eigenvalue weighted by atomic mass is 32.1. The number of imide groups is 1. The molecule has 0 saturated heterocycles. The number of pyridine rings is 1. The van der Waals surface area contributed by atoms with E-state index in [1.54, 1.807) is 59.9 Å². The van der Waals surface area contributed by atoms with E-state index in [-0.39, 0.29) is 22.5 Å². The molecule has 2 heterocycles. The second-order valence-corrected chi connectivity index (χ2v) is 10.8. The third-order valence-electron chi connectivity index (χ3n) is 6.89. The predicted molar refractivity (Wildman–Crippen MR) is 170 cm³/mol. The summed E-state index contributed by atoms with van der Waals surface area (Å²) >= 11 is 1.58. The van der Waals surface area contributed by atoms with Crippen LogP contribution in [0.4, 0.5) is 17.2 Å². The van der Waals surface area contributed by atoms with Crippen LogP contribution in [0.2, 0.25) is 0 Å². The van der Waals surface area contributed by atoms with Crippen molar-refractivity contribution in [3.05, 3.63) is 106 Å². The molecule has 5 aromatic rings. The van der Waals surface area contributed by atoms with Crippen molar-refractivity contribution in [2.24, 2.45) is 0 Å². The Hall–Kier alpha value is -5.40. The Morgan fingerprint density at radius 1 is 0.907 bits per heavy atom. The van der Waals surface area contributed by atoms with Gasteiger partial charge in [0.2, 0.25) is 0 Å². The maximum absolute atomic E-state index is 14.2. The van der Waals surface area contributed by atoms with Crippen LogP contribution in [-0.4, -0.2) is 45.1 Å². The van der Waals surface area contributed by atoms with Gasteiger partial charge in [0.1, 0.15) is 23.1 Å². The molecule has 0 radical (unpaired) electrons. The molecular formula is C33H29N5O4S. The Labute approximate surface area is 253 Å². The monoisotopic (exact) mass is 591 g/mol. The fraction of sp³-hybridized carbons (Fsp3) is 0.152. The van der Waals surface area contributed by atoms with Crippen molar-refractivity contribution in [2.45, 2.75) is 6.54 Å². The van der Waals surface area contributed by atoms with Gasteiger partial charge in [-0.3, -0.25) is 9.59 Å². The highest BCUT2D eigenvalue weighted by molar-refractivity contribution is 7.09. The topological polar surface area (TPSA) is 108 Å². The van der Waals surface area contributed by atoms with Gasteiger partial charge in [-0.05, 0) is 78.2 Å². The number of ether oxygens (including phenoxy) is 2. The highest BCUT2D eigenvalue weighted by Crippen LogP contribution is 2.36. The van der Waals surface area contributed by atoms with Crippen LogP contribution < -0.4 is 24.6 Å². The van der Waals surface area contributed by atoms with Crippen LogP contribution in [0.5, 0.6) is 11.5 Å². The largest absolute Gasteiger partial charge is 0.497 e. The summed E-state index contributed by atoms with van der Waals surface area (Å²) in [5.74, 6) is -0.226. The molecule has 0 spiro atoms. The number of carbonyl (C=O) groups is 2. The SMILES string of the molecule is COc1ccc(C(=O)N(C(=O)c2ccc(OC)cc2)c2nc3ccc(N(C)C)cc3c(NCc3cccs3)c2C#N)cc1. The van der Waals surface area contributed by atoms with Crippen LogP contribution in [0.3, 0.4) is 0 Å². The molecule has 0 bridgehead atoms. The molecule has 3 aromatic carbocycles. The summed E-state index contributed by atoms with van der Waals surface area (Å²) in [6.45, 7) is 0.440. The summed E-state index contributed by atoms with van der Waals surface area (Å²) in [4.78, 5) is 37.1. The third-order valence-corrected chi connectivity index (χ3v) is 7.77. The van der Waals surface area contributed by atoms with Gasteiger partial charge >= 0.3 is 0 Å². The van der Waals surface area contributed by atoms with Gasteiger partial charge in [0.05, 0.1) is 25.4 Å². The number of nitrogens with one attached hydrogen (secondary N) is 1. The number of nitriles is 1. The van der Waals surface area contributed by atoms with Crippen molar-refractivity contribution >= 4 is 51.2 Å². The van der Waals surface area contributed by atoms with Gasteiger partial charge in [0.25, 0.3) is 11.8 Å². The van der Waals surface area contributed by atoms with E-state index in [9.17, 15) is 14.9 Å². The summed E-state index contributed by atoms with van der Waals surface area (Å²) in [6.07, 6.45) is 0. The Kier molecular flexibility index (Phi) is 8.55. The van der Waals surface area contributed by atoms with Crippen LogP contribution >= 0.6 is 11.3 Å². The maximum Gasteiger partial charge on any atom is 0.266 e. The van der Waals surface area contributed by atoms with Gasteiger partial charge in [-0.2, -0.15) is 5.26 Å². The van der Waals surface area contributed by atoms with Gasteiger partial charge in [0, 0.05) is 47.7 Å². The predicted octanol–water partition coefficient (Wildman–Crippen LogP) is 6.35. The van der Waals surface area contributed by atoms with Crippen LogP contribution in [0, 0.1) is 11.3 Å². The number of fused-ring (bicyclic) bond motifs is 1. The second kappa shape index (κ2) is 12.6. The van der Waals surface area contributed by atoms with Gasteiger partial charge in [-0.25, -0.2) is 9.88 Å². The first-order valence-corrected chi connectivity index (χ1v) is 14.2. The molecule has 43 heavy (non-hydrogen) atoms. The van der Waals surface area contributed by atoms with E-state index in [0.29, 0.717) is 34.6 Å². The Morgan fingerprint density at radius 3 is 2.00 bits per heavy atom. The van der Waals surface area contributed by atoms with E-state index in [0.717, 1.165) is 15.5 Å². The standard InChI is InChI=1S/C33H29N5O4S/c1-37(2)23-11-16-29-27(18-23)30(35-20-26-6-5-17-43-26)28(19-34)31(36-29)38(32(39)21-7-12-24(41-3)13-8-21)33(40)22-9-14-25(42-4)15-10-22/h5-18H,20H2,1-4H3,(H,35,36). The lowest BCUT2D eigenvalue weighted by atomic mass is 10.1. The number of thiophene rings is 1. The van der Waals surface area contributed by atoms with Crippen molar-refractivity contribution < 1.29 is 19.1 Å². The van der Waals surface area contributed by atoms with E-state index in [1.807, 2.05) is 54.7 Å². The van der Waals surface area contributed by atoms with Crippen LogP contribution in [0.15, 0.2) is 84.2 Å². The summed E-state index contributed by atoms with van der Waals surface area (Å²) in [6, 6.07) is 24.7. The van der Waals surface area contributed by atoms with Crippen molar-refractivity contribution in [1.82, 2.24) is 4.98 Å².